The van der Waals surface area contributed by atoms with Crippen LogP contribution in [0.3, 0.4) is 0 Å². The Morgan fingerprint density at radius 2 is 2.24 bits per heavy atom. The maximum atomic E-state index is 11.8. The SMILES string of the molecule is CCCN(C)c1cnn(CC(O)CC)c(=O)c1. The standard InChI is InChI=1S/C12H21N3O2/c1-4-6-14(3)10-7-12(17)15(13-8-10)9-11(16)5-2/h7-8,11,16H,4-6,9H2,1-3H3. The Balaban J connectivity index is 2.82. The number of aliphatic hydroxyl groups excluding tert-OH is 1. The van der Waals surface area contributed by atoms with E-state index in [4.69, 9.17) is 0 Å². The molecule has 96 valence electrons. The topological polar surface area (TPSA) is 58.4 Å². The maximum absolute atomic E-state index is 11.8. The van der Waals surface area contributed by atoms with E-state index in [0.717, 1.165) is 18.7 Å². The molecule has 0 aliphatic heterocycles. The van der Waals surface area contributed by atoms with Crippen molar-refractivity contribution in [3.63, 3.8) is 0 Å². The molecule has 5 heteroatoms. The van der Waals surface area contributed by atoms with Crippen LogP contribution in [0.5, 0.6) is 0 Å². The van der Waals surface area contributed by atoms with E-state index in [9.17, 15) is 9.90 Å². The third-order valence-corrected chi connectivity index (χ3v) is 2.71. The summed E-state index contributed by atoms with van der Waals surface area (Å²) in [6, 6.07) is 1.56. The summed E-state index contributed by atoms with van der Waals surface area (Å²) in [6.45, 7) is 5.11. The molecule has 0 radical (unpaired) electrons. The fraction of sp³-hybridized carbons (Fsp3) is 0.667. The van der Waals surface area contributed by atoms with Crippen molar-refractivity contribution in [1.82, 2.24) is 9.78 Å². The molecule has 1 unspecified atom stereocenters. The Bertz CT molecular complexity index is 403. The minimum atomic E-state index is -0.514. The van der Waals surface area contributed by atoms with Crippen LogP contribution in [-0.2, 0) is 6.54 Å². The summed E-state index contributed by atoms with van der Waals surface area (Å²) in [4.78, 5) is 13.8. The van der Waals surface area contributed by atoms with Crippen LogP contribution in [0.1, 0.15) is 26.7 Å². The Kier molecular flexibility index (Phi) is 5.15. The molecule has 0 spiro atoms. The molecular weight excluding hydrogens is 218 g/mol. The number of aliphatic hydroxyl groups is 1. The lowest BCUT2D eigenvalue weighted by molar-refractivity contribution is 0.143. The highest BCUT2D eigenvalue weighted by Gasteiger charge is 2.07. The highest BCUT2D eigenvalue weighted by molar-refractivity contribution is 5.41. The van der Waals surface area contributed by atoms with Gasteiger partial charge in [-0.2, -0.15) is 5.10 Å². The summed E-state index contributed by atoms with van der Waals surface area (Å²) in [5.74, 6) is 0. The third-order valence-electron chi connectivity index (χ3n) is 2.71. The van der Waals surface area contributed by atoms with Crippen molar-refractivity contribution in [3.05, 3.63) is 22.6 Å². The predicted molar refractivity (Wildman–Crippen MR) is 68.4 cm³/mol. The second-order valence-electron chi connectivity index (χ2n) is 4.22. The summed E-state index contributed by atoms with van der Waals surface area (Å²) in [6.07, 6.45) is 2.79. The first kappa shape index (κ1) is 13.7. The van der Waals surface area contributed by atoms with Gasteiger partial charge in [-0.1, -0.05) is 13.8 Å². The van der Waals surface area contributed by atoms with Crippen LogP contribution in [0, 0.1) is 0 Å². The molecule has 0 aliphatic rings. The summed E-state index contributed by atoms with van der Waals surface area (Å²) >= 11 is 0. The minimum absolute atomic E-state index is 0.169. The Labute approximate surface area is 102 Å². The molecule has 0 aliphatic carbocycles. The van der Waals surface area contributed by atoms with Crippen LogP contribution in [0.2, 0.25) is 0 Å². The average molecular weight is 239 g/mol. The molecule has 17 heavy (non-hydrogen) atoms. The van der Waals surface area contributed by atoms with Crippen LogP contribution in [0.25, 0.3) is 0 Å². The molecular formula is C12H21N3O2. The number of nitrogens with zero attached hydrogens (tertiary/aromatic N) is 3. The van der Waals surface area contributed by atoms with Crippen molar-refractivity contribution < 1.29 is 5.11 Å². The van der Waals surface area contributed by atoms with Gasteiger partial charge in [0.25, 0.3) is 5.56 Å². The van der Waals surface area contributed by atoms with Gasteiger partial charge in [-0.05, 0) is 12.8 Å². The molecule has 1 heterocycles. The zero-order valence-corrected chi connectivity index (χ0v) is 10.8. The van der Waals surface area contributed by atoms with Gasteiger partial charge < -0.3 is 10.0 Å². The second-order valence-corrected chi connectivity index (χ2v) is 4.22. The number of rotatable bonds is 6. The molecule has 1 aromatic heterocycles. The largest absolute Gasteiger partial charge is 0.391 e. The fourth-order valence-electron chi connectivity index (χ4n) is 1.56. The molecule has 1 aromatic rings. The van der Waals surface area contributed by atoms with Gasteiger partial charge in [0.05, 0.1) is 24.5 Å². The lowest BCUT2D eigenvalue weighted by Gasteiger charge is -2.18. The van der Waals surface area contributed by atoms with Crippen molar-refractivity contribution in [1.29, 1.82) is 0 Å². The van der Waals surface area contributed by atoms with Crippen molar-refractivity contribution in [3.8, 4) is 0 Å². The predicted octanol–water partition coefficient (Wildman–Crippen LogP) is 0.860. The van der Waals surface area contributed by atoms with Gasteiger partial charge in [0, 0.05) is 19.7 Å². The molecule has 0 fully saturated rings. The number of hydrogen-bond donors (Lipinski definition) is 1. The number of hydrogen-bond acceptors (Lipinski definition) is 4. The lowest BCUT2D eigenvalue weighted by atomic mass is 10.3. The van der Waals surface area contributed by atoms with Gasteiger partial charge in [-0.15, -0.1) is 0 Å². The highest BCUT2D eigenvalue weighted by atomic mass is 16.3. The van der Waals surface area contributed by atoms with Gasteiger partial charge in [0.1, 0.15) is 0 Å². The minimum Gasteiger partial charge on any atom is -0.391 e. The van der Waals surface area contributed by atoms with E-state index >= 15 is 0 Å². The summed E-state index contributed by atoms with van der Waals surface area (Å²) in [5, 5.41) is 13.6. The number of anilines is 1. The van der Waals surface area contributed by atoms with E-state index in [1.165, 1.54) is 4.68 Å². The zero-order valence-electron chi connectivity index (χ0n) is 10.8. The van der Waals surface area contributed by atoms with Gasteiger partial charge in [0.15, 0.2) is 0 Å². The monoisotopic (exact) mass is 239 g/mol. The molecule has 0 amide bonds. The molecule has 0 bridgehead atoms. The molecule has 1 rings (SSSR count). The third kappa shape index (κ3) is 3.85. The summed E-state index contributed by atoms with van der Waals surface area (Å²) < 4.78 is 1.30. The van der Waals surface area contributed by atoms with Crippen molar-refractivity contribution in [2.24, 2.45) is 0 Å². The van der Waals surface area contributed by atoms with Crippen LogP contribution < -0.4 is 10.5 Å². The lowest BCUT2D eigenvalue weighted by Crippen LogP contribution is -2.29. The second kappa shape index (κ2) is 6.39. The molecule has 5 nitrogen and oxygen atoms in total. The normalized spacial score (nSPS) is 12.5. The molecule has 0 saturated heterocycles. The van der Waals surface area contributed by atoms with Gasteiger partial charge in [-0.3, -0.25) is 4.79 Å². The first-order valence-corrected chi connectivity index (χ1v) is 6.04. The average Bonchev–Trinajstić information content (AvgIpc) is 2.31. The molecule has 0 saturated carbocycles. The fourth-order valence-corrected chi connectivity index (χ4v) is 1.56. The van der Waals surface area contributed by atoms with E-state index in [2.05, 4.69) is 12.0 Å². The van der Waals surface area contributed by atoms with Gasteiger partial charge >= 0.3 is 0 Å². The van der Waals surface area contributed by atoms with Crippen LogP contribution in [0.15, 0.2) is 17.1 Å². The Hall–Kier alpha value is -1.36. The van der Waals surface area contributed by atoms with E-state index in [-0.39, 0.29) is 12.1 Å². The Morgan fingerprint density at radius 3 is 2.76 bits per heavy atom. The zero-order chi connectivity index (χ0) is 12.8. The van der Waals surface area contributed by atoms with E-state index in [0.29, 0.717) is 6.42 Å². The maximum Gasteiger partial charge on any atom is 0.268 e. The van der Waals surface area contributed by atoms with Crippen LogP contribution in [0.4, 0.5) is 5.69 Å². The molecule has 1 N–H and O–H groups in total. The van der Waals surface area contributed by atoms with Crippen LogP contribution in [-0.4, -0.2) is 34.6 Å². The van der Waals surface area contributed by atoms with E-state index in [1.807, 2.05) is 18.9 Å². The quantitative estimate of drug-likeness (QED) is 0.800. The van der Waals surface area contributed by atoms with Crippen molar-refractivity contribution >= 4 is 5.69 Å². The van der Waals surface area contributed by atoms with Gasteiger partial charge in [0.2, 0.25) is 0 Å². The van der Waals surface area contributed by atoms with Crippen LogP contribution >= 0.6 is 0 Å². The Morgan fingerprint density at radius 1 is 1.53 bits per heavy atom. The smallest absolute Gasteiger partial charge is 0.268 e. The first-order valence-electron chi connectivity index (χ1n) is 6.04. The summed E-state index contributed by atoms with van der Waals surface area (Å²) in [7, 11) is 1.94. The first-order chi connectivity index (χ1) is 8.08. The highest BCUT2D eigenvalue weighted by Crippen LogP contribution is 2.07. The molecule has 0 aromatic carbocycles. The summed E-state index contributed by atoms with van der Waals surface area (Å²) in [5.41, 5.74) is 0.650. The van der Waals surface area contributed by atoms with E-state index in [1.54, 1.807) is 12.3 Å². The van der Waals surface area contributed by atoms with Crippen molar-refractivity contribution in [2.75, 3.05) is 18.5 Å². The van der Waals surface area contributed by atoms with E-state index < -0.39 is 6.10 Å². The van der Waals surface area contributed by atoms with Crippen molar-refractivity contribution in [2.45, 2.75) is 39.3 Å². The number of aromatic nitrogens is 2. The molecule has 1 atom stereocenters. The van der Waals surface area contributed by atoms with Gasteiger partial charge in [-0.25, -0.2) is 4.68 Å².